The Morgan fingerprint density at radius 1 is 0.919 bits per heavy atom. The van der Waals surface area contributed by atoms with Crippen LogP contribution in [0.4, 0.5) is 0 Å². The van der Waals surface area contributed by atoms with Crippen molar-refractivity contribution in [3.8, 4) is 0 Å². The molecule has 1 heterocycles. The maximum Gasteiger partial charge on any atom is 0.350 e. The lowest BCUT2D eigenvalue weighted by molar-refractivity contribution is -0.346. The molecule has 62 heavy (non-hydrogen) atoms. The molecule has 6 rings (SSSR count). The second-order valence-electron chi connectivity index (χ2n) is 17.5. The molecule has 1 saturated heterocycles. The first kappa shape index (κ1) is 48.4. The maximum atomic E-state index is 15.5. The molecule has 11 atom stereocenters. The van der Waals surface area contributed by atoms with Crippen LogP contribution >= 0.6 is 12.4 Å². The Bertz CT molecular complexity index is 2060. The van der Waals surface area contributed by atoms with Gasteiger partial charge in [-0.05, 0) is 49.1 Å². The lowest BCUT2D eigenvalue weighted by Crippen LogP contribution is -2.82. The van der Waals surface area contributed by atoms with E-state index >= 15 is 4.79 Å². The highest BCUT2D eigenvalue weighted by Crippen LogP contribution is 2.64. The smallest absolute Gasteiger partial charge is 0.350 e. The highest BCUT2D eigenvalue weighted by atomic mass is 35.5. The summed E-state index contributed by atoms with van der Waals surface area (Å²) in [7, 11) is 0. The predicted octanol–water partition coefficient (Wildman–Crippen LogP) is 4.82. The first-order valence-corrected chi connectivity index (χ1v) is 20.8. The number of aliphatic hydroxyl groups is 2. The van der Waals surface area contributed by atoms with Gasteiger partial charge < -0.3 is 44.4 Å². The van der Waals surface area contributed by atoms with E-state index in [1.54, 1.807) is 69.3 Å². The second kappa shape index (κ2) is 18.6. The third kappa shape index (κ3) is 8.41. The van der Waals surface area contributed by atoms with Gasteiger partial charge in [0.2, 0.25) is 6.10 Å². The highest BCUT2D eigenvalue weighted by molar-refractivity contribution is 5.95. The molecule has 0 spiro atoms. The number of esters is 5. The number of carbonyl (C=O) groups excluding carboxylic acids is 6. The number of Topliss-reactive ketones (excluding diaryl/α,β-unsaturated/α-hetero) is 1. The fourth-order valence-electron chi connectivity index (χ4n) is 10.1. The zero-order valence-corrected chi connectivity index (χ0v) is 36.9. The van der Waals surface area contributed by atoms with Gasteiger partial charge in [0, 0.05) is 38.5 Å². The number of fused-ring (bicyclic) bond motifs is 5. The van der Waals surface area contributed by atoms with E-state index in [4.69, 9.17) is 34.2 Å². The quantitative estimate of drug-likeness (QED) is 0.106. The van der Waals surface area contributed by atoms with Gasteiger partial charge in [0.25, 0.3) is 0 Å². The molecule has 1 aliphatic heterocycles. The van der Waals surface area contributed by atoms with Gasteiger partial charge in [0.05, 0.1) is 35.6 Å². The van der Waals surface area contributed by atoms with Crippen molar-refractivity contribution in [2.24, 2.45) is 22.5 Å². The molecule has 3 fully saturated rings. The van der Waals surface area contributed by atoms with Crippen LogP contribution in [0.3, 0.4) is 0 Å². The molecule has 2 aromatic rings. The Balaban J connectivity index is 0.00000726. The van der Waals surface area contributed by atoms with Crippen LogP contribution in [0, 0.1) is 16.7 Å². The van der Waals surface area contributed by atoms with E-state index in [1.807, 2.05) is 6.92 Å². The van der Waals surface area contributed by atoms with Gasteiger partial charge in [-0.3, -0.25) is 19.2 Å². The van der Waals surface area contributed by atoms with Crippen molar-refractivity contribution >= 4 is 48.0 Å². The molecule has 4 N–H and O–H groups in total. The van der Waals surface area contributed by atoms with Crippen molar-refractivity contribution in [2.75, 3.05) is 6.61 Å². The van der Waals surface area contributed by atoms with Crippen LogP contribution in [0.2, 0.25) is 0 Å². The average molecular weight is 884 g/mol. The zero-order chi connectivity index (χ0) is 44.7. The van der Waals surface area contributed by atoms with Crippen LogP contribution in [-0.4, -0.2) is 100 Å². The lowest BCUT2D eigenvalue weighted by Gasteiger charge is -2.67. The Morgan fingerprint density at radius 3 is 2.11 bits per heavy atom. The SMILES string of the molecule is CCCCCC(=O)O[C@@H](C(=O)O[C@H]1C[C@@]2(O)[C@@H](OC(=O)c3ccccc3)[C@@H]3[C@]4(OC(C)=O)CO[C@@H]4C[C@H](O)[C@@]3(C)C(=O)[C@H](OC(C)=O)C(=C1C)C2(C)C)[C@@H](N)c1ccccc1.Cl. The molecule has 0 unspecified atom stereocenters. The van der Waals surface area contributed by atoms with Crippen LogP contribution in [0.15, 0.2) is 71.8 Å². The van der Waals surface area contributed by atoms with Gasteiger partial charge in [0.15, 0.2) is 17.5 Å². The third-order valence-corrected chi connectivity index (χ3v) is 13.4. The fraction of sp³-hybridized carbons (Fsp3) is 0.565. The molecule has 2 bridgehead atoms. The van der Waals surface area contributed by atoms with Gasteiger partial charge in [-0.25, -0.2) is 9.59 Å². The van der Waals surface area contributed by atoms with E-state index in [-0.39, 0.29) is 48.6 Å². The first-order chi connectivity index (χ1) is 28.7. The standard InChI is InChI=1S/C46H57NO14.ClH/c1-8-9-12-21-33(51)59-37(35(47)28-17-13-10-14-18-28)42(54)58-30-23-46(55)40(60-41(53)29-19-15-11-16-20-29)38-44(7,31(50)22-32-45(38,24-56-32)61-27(4)49)39(52)36(57-26(3)48)34(25(30)2)43(46,5)6;/h10-11,13-20,30-32,35-38,40,50,55H,8-9,12,21-24,47H2,1-7H3;1H/t30-,31-,32+,35-,36+,37+,38-,40-,44+,45-,46+;/m0./s1. The van der Waals surface area contributed by atoms with Crippen molar-refractivity contribution in [1.29, 1.82) is 0 Å². The summed E-state index contributed by atoms with van der Waals surface area (Å²) in [6, 6.07) is 15.2. The number of ketones is 1. The van der Waals surface area contributed by atoms with Gasteiger partial charge in [0.1, 0.15) is 23.9 Å². The Hall–Kier alpha value is -4.67. The third-order valence-electron chi connectivity index (χ3n) is 13.4. The van der Waals surface area contributed by atoms with E-state index in [2.05, 4.69) is 0 Å². The molecule has 0 radical (unpaired) electrons. The summed E-state index contributed by atoms with van der Waals surface area (Å²) in [5.41, 5.74) is -0.368. The van der Waals surface area contributed by atoms with E-state index in [0.717, 1.165) is 26.7 Å². The normalized spacial score (nSPS) is 31.7. The number of hydrogen-bond acceptors (Lipinski definition) is 15. The fourth-order valence-corrected chi connectivity index (χ4v) is 10.1. The van der Waals surface area contributed by atoms with Gasteiger partial charge >= 0.3 is 29.8 Å². The molecule has 16 heteroatoms. The number of rotatable bonds is 13. The largest absolute Gasteiger partial charge is 0.455 e. The number of ether oxygens (including phenoxy) is 6. The highest BCUT2D eigenvalue weighted by Gasteiger charge is 2.78. The van der Waals surface area contributed by atoms with Crippen molar-refractivity contribution < 1.29 is 67.4 Å². The number of halogens is 1. The molecule has 3 aliphatic carbocycles. The van der Waals surface area contributed by atoms with Crippen LogP contribution in [0.5, 0.6) is 0 Å². The van der Waals surface area contributed by atoms with Gasteiger partial charge in [-0.2, -0.15) is 0 Å². The molecule has 338 valence electrons. The Kier molecular flexibility index (Phi) is 14.5. The van der Waals surface area contributed by atoms with E-state index in [0.29, 0.717) is 12.0 Å². The van der Waals surface area contributed by atoms with Crippen molar-refractivity contribution in [3.05, 3.63) is 82.9 Å². The van der Waals surface area contributed by atoms with E-state index < -0.39 is 113 Å². The number of carbonyl (C=O) groups is 6. The van der Waals surface area contributed by atoms with Crippen molar-refractivity contribution in [1.82, 2.24) is 0 Å². The summed E-state index contributed by atoms with van der Waals surface area (Å²) in [5.74, 6) is -6.68. The predicted molar refractivity (Wildman–Crippen MR) is 223 cm³/mol. The summed E-state index contributed by atoms with van der Waals surface area (Å²) in [6.07, 6.45) is -7.84. The topological polar surface area (TPSA) is 224 Å². The molecule has 2 aromatic carbocycles. The Morgan fingerprint density at radius 2 is 1.55 bits per heavy atom. The van der Waals surface area contributed by atoms with Crippen LogP contribution in [0.25, 0.3) is 0 Å². The molecule has 2 saturated carbocycles. The minimum atomic E-state index is -2.36. The summed E-state index contributed by atoms with van der Waals surface area (Å²) in [5, 5.41) is 25.8. The number of unbranched alkanes of at least 4 members (excludes halogenated alkanes) is 2. The molecular formula is C46H58ClNO14. The molecule has 0 aromatic heterocycles. The number of nitrogens with two attached hydrogens (primary N) is 1. The average Bonchev–Trinajstić information content (AvgIpc) is 3.21. The molecule has 15 nitrogen and oxygen atoms in total. The van der Waals surface area contributed by atoms with Crippen LogP contribution < -0.4 is 5.73 Å². The van der Waals surface area contributed by atoms with Crippen molar-refractivity contribution in [3.63, 3.8) is 0 Å². The monoisotopic (exact) mass is 883 g/mol. The van der Waals surface area contributed by atoms with Gasteiger partial charge in [-0.15, -0.1) is 12.4 Å². The van der Waals surface area contributed by atoms with Crippen molar-refractivity contribution in [2.45, 2.75) is 141 Å². The summed E-state index contributed by atoms with van der Waals surface area (Å²) in [4.78, 5) is 83.4. The molecule has 4 aliphatic rings. The Labute approximate surface area is 367 Å². The van der Waals surface area contributed by atoms with Gasteiger partial charge in [-0.1, -0.05) is 82.1 Å². The first-order valence-electron chi connectivity index (χ1n) is 20.8. The number of hydrogen-bond donors (Lipinski definition) is 3. The summed E-state index contributed by atoms with van der Waals surface area (Å²) < 4.78 is 36.2. The molecular weight excluding hydrogens is 826 g/mol. The zero-order valence-electron chi connectivity index (χ0n) is 36.1. The maximum absolute atomic E-state index is 15.5. The van der Waals surface area contributed by atoms with Crippen LogP contribution in [-0.2, 0) is 52.4 Å². The molecule has 0 amide bonds. The number of benzene rings is 2. The van der Waals surface area contributed by atoms with E-state index in [9.17, 15) is 34.2 Å². The minimum Gasteiger partial charge on any atom is -0.455 e. The summed E-state index contributed by atoms with van der Waals surface area (Å²) in [6.45, 7) is 10.1. The minimum absolute atomic E-state index is 0. The van der Waals surface area contributed by atoms with Crippen LogP contribution in [0.1, 0.15) is 109 Å². The second-order valence-corrected chi connectivity index (χ2v) is 17.5. The lowest BCUT2D eigenvalue weighted by atomic mass is 9.44. The number of aliphatic hydroxyl groups excluding tert-OH is 1. The summed E-state index contributed by atoms with van der Waals surface area (Å²) >= 11 is 0. The van der Waals surface area contributed by atoms with E-state index in [1.165, 1.54) is 19.1 Å².